The van der Waals surface area contributed by atoms with Crippen molar-refractivity contribution in [2.45, 2.75) is 32.0 Å². The van der Waals surface area contributed by atoms with Crippen molar-refractivity contribution >= 4 is 11.8 Å². The lowest BCUT2D eigenvalue weighted by atomic mass is 10.4. The highest BCUT2D eigenvalue weighted by Crippen LogP contribution is 2.19. The fraction of sp³-hybridized carbons (Fsp3) is 0.692. The summed E-state index contributed by atoms with van der Waals surface area (Å²) < 4.78 is 5.80. The molecule has 1 aromatic rings. The van der Waals surface area contributed by atoms with E-state index >= 15 is 0 Å². The van der Waals surface area contributed by atoms with Gasteiger partial charge in [-0.3, -0.25) is 4.90 Å². The molecule has 1 heterocycles. The second-order valence-corrected chi connectivity index (χ2v) is 5.74. The quantitative estimate of drug-likeness (QED) is 0.771. The zero-order valence-corrected chi connectivity index (χ0v) is 11.6. The third-order valence-electron chi connectivity index (χ3n) is 2.96. The van der Waals surface area contributed by atoms with Crippen molar-refractivity contribution in [3.8, 4) is 0 Å². The molecule has 1 aliphatic carbocycles. The summed E-state index contributed by atoms with van der Waals surface area (Å²) in [5.74, 6) is 3.30. The highest BCUT2D eigenvalue weighted by Gasteiger charge is 2.20. The molecule has 0 unspecified atom stereocenters. The molecule has 1 aliphatic rings. The minimum absolute atomic E-state index is 0.743. The Morgan fingerprint density at radius 1 is 1.41 bits per heavy atom. The van der Waals surface area contributed by atoms with Crippen molar-refractivity contribution in [3.63, 3.8) is 0 Å². The molecule has 1 N–H and O–H groups in total. The first-order valence-corrected chi connectivity index (χ1v) is 7.66. The van der Waals surface area contributed by atoms with E-state index in [1.54, 1.807) is 0 Å². The predicted octanol–water partition coefficient (Wildman–Crippen LogP) is 2.33. The van der Waals surface area contributed by atoms with Gasteiger partial charge in [-0.05, 0) is 38.3 Å². The van der Waals surface area contributed by atoms with Gasteiger partial charge in [0.25, 0.3) is 0 Å². The van der Waals surface area contributed by atoms with Crippen LogP contribution in [0, 0.1) is 0 Å². The average molecular weight is 254 g/mol. The van der Waals surface area contributed by atoms with E-state index in [1.165, 1.54) is 18.6 Å². The van der Waals surface area contributed by atoms with Crippen molar-refractivity contribution in [2.24, 2.45) is 0 Å². The van der Waals surface area contributed by atoms with Crippen molar-refractivity contribution in [1.29, 1.82) is 0 Å². The van der Waals surface area contributed by atoms with Crippen LogP contribution in [-0.2, 0) is 13.1 Å². The Labute approximate surface area is 108 Å². The topological polar surface area (TPSA) is 28.4 Å². The van der Waals surface area contributed by atoms with Gasteiger partial charge in [0.1, 0.15) is 11.5 Å². The molecular weight excluding hydrogens is 232 g/mol. The third kappa shape index (κ3) is 4.74. The minimum Gasteiger partial charge on any atom is -0.463 e. The van der Waals surface area contributed by atoms with E-state index < -0.39 is 0 Å². The van der Waals surface area contributed by atoms with E-state index in [-0.39, 0.29) is 0 Å². The van der Waals surface area contributed by atoms with Crippen LogP contribution in [0.3, 0.4) is 0 Å². The number of rotatable bonds is 8. The van der Waals surface area contributed by atoms with Crippen molar-refractivity contribution in [2.75, 3.05) is 25.6 Å². The number of nitrogens with one attached hydrogen (secondary N) is 1. The lowest BCUT2D eigenvalue weighted by molar-refractivity contribution is 0.304. The zero-order chi connectivity index (χ0) is 12.1. The molecule has 0 aromatic carbocycles. The molecule has 0 atom stereocenters. The monoisotopic (exact) mass is 254 g/mol. The van der Waals surface area contributed by atoms with Crippen LogP contribution in [0.4, 0.5) is 0 Å². The largest absolute Gasteiger partial charge is 0.463 e. The molecule has 3 nitrogen and oxygen atoms in total. The molecule has 0 saturated heterocycles. The van der Waals surface area contributed by atoms with Gasteiger partial charge in [0.15, 0.2) is 0 Å². The molecule has 0 radical (unpaired) electrons. The number of furan rings is 1. The second-order valence-electron chi connectivity index (χ2n) is 4.75. The van der Waals surface area contributed by atoms with Gasteiger partial charge in [-0.2, -0.15) is 11.8 Å². The first-order chi connectivity index (χ1) is 8.28. The van der Waals surface area contributed by atoms with Crippen LogP contribution >= 0.6 is 11.8 Å². The molecule has 0 aliphatic heterocycles. The molecular formula is C13H22N2OS. The lowest BCUT2D eigenvalue weighted by Gasteiger charge is -2.13. The van der Waals surface area contributed by atoms with Crippen LogP contribution in [0.15, 0.2) is 16.5 Å². The molecule has 1 fully saturated rings. The van der Waals surface area contributed by atoms with Crippen molar-refractivity contribution in [1.82, 2.24) is 10.2 Å². The zero-order valence-electron chi connectivity index (χ0n) is 10.7. The maximum atomic E-state index is 5.80. The van der Waals surface area contributed by atoms with Crippen LogP contribution in [0.25, 0.3) is 0 Å². The molecule has 17 heavy (non-hydrogen) atoms. The summed E-state index contributed by atoms with van der Waals surface area (Å²) in [5.41, 5.74) is 0. The number of thioether (sulfide) groups is 1. The fourth-order valence-corrected chi connectivity index (χ4v) is 2.22. The van der Waals surface area contributed by atoms with Gasteiger partial charge in [-0.25, -0.2) is 0 Å². The minimum atomic E-state index is 0.743. The molecule has 0 amide bonds. The van der Waals surface area contributed by atoms with Gasteiger partial charge in [0, 0.05) is 18.3 Å². The highest BCUT2D eigenvalue weighted by molar-refractivity contribution is 7.98. The van der Waals surface area contributed by atoms with Gasteiger partial charge in [-0.15, -0.1) is 0 Å². The smallest absolute Gasteiger partial charge is 0.118 e. The van der Waals surface area contributed by atoms with E-state index in [1.807, 2.05) is 11.8 Å². The summed E-state index contributed by atoms with van der Waals surface area (Å²) in [7, 11) is 2.14. The normalized spacial score (nSPS) is 15.7. The van der Waals surface area contributed by atoms with E-state index in [9.17, 15) is 0 Å². The van der Waals surface area contributed by atoms with E-state index in [2.05, 4.69) is 35.7 Å². The van der Waals surface area contributed by atoms with Gasteiger partial charge in [-0.1, -0.05) is 0 Å². The van der Waals surface area contributed by atoms with Gasteiger partial charge < -0.3 is 9.73 Å². The average Bonchev–Trinajstić information content (AvgIpc) is 3.05. The molecule has 1 aromatic heterocycles. The molecule has 0 bridgehead atoms. The highest BCUT2D eigenvalue weighted by atomic mass is 32.2. The van der Waals surface area contributed by atoms with Crippen molar-refractivity contribution in [3.05, 3.63) is 23.7 Å². The Bertz CT molecular complexity index is 336. The summed E-state index contributed by atoms with van der Waals surface area (Å²) in [5, 5.41) is 3.46. The summed E-state index contributed by atoms with van der Waals surface area (Å²) in [6.45, 7) is 2.89. The summed E-state index contributed by atoms with van der Waals surface area (Å²) in [6, 6.07) is 4.93. The molecule has 96 valence electrons. The Kier molecular flexibility index (Phi) is 4.95. The van der Waals surface area contributed by atoms with Crippen LogP contribution in [0.5, 0.6) is 0 Å². The van der Waals surface area contributed by atoms with E-state index in [4.69, 9.17) is 4.42 Å². The maximum Gasteiger partial charge on any atom is 0.118 e. The SMILES string of the molecule is CSCCN(C)Cc1ccc(CNC2CC2)o1. The maximum absolute atomic E-state index is 5.80. The molecule has 1 saturated carbocycles. The van der Waals surface area contributed by atoms with E-state index in [0.29, 0.717) is 0 Å². The summed E-state index contributed by atoms with van der Waals surface area (Å²) >= 11 is 1.88. The van der Waals surface area contributed by atoms with Crippen LogP contribution in [0.2, 0.25) is 0 Å². The second kappa shape index (κ2) is 6.47. The first kappa shape index (κ1) is 13.0. The van der Waals surface area contributed by atoms with Crippen LogP contribution in [0.1, 0.15) is 24.4 Å². The predicted molar refractivity (Wildman–Crippen MR) is 73.3 cm³/mol. The Morgan fingerprint density at radius 2 is 2.18 bits per heavy atom. The van der Waals surface area contributed by atoms with Gasteiger partial charge >= 0.3 is 0 Å². The Balaban J connectivity index is 1.72. The van der Waals surface area contributed by atoms with Gasteiger partial charge in [0.2, 0.25) is 0 Å². The first-order valence-electron chi connectivity index (χ1n) is 6.26. The Morgan fingerprint density at radius 3 is 2.88 bits per heavy atom. The standard InChI is InChI=1S/C13H22N2OS/c1-15(7-8-17-2)10-13-6-5-12(16-13)9-14-11-3-4-11/h5-6,11,14H,3-4,7-10H2,1-2H3. The number of hydrogen-bond acceptors (Lipinski definition) is 4. The molecule has 2 rings (SSSR count). The molecule has 0 spiro atoms. The van der Waals surface area contributed by atoms with Crippen LogP contribution < -0.4 is 5.32 Å². The van der Waals surface area contributed by atoms with Gasteiger partial charge in [0.05, 0.1) is 13.1 Å². The summed E-state index contributed by atoms with van der Waals surface area (Å²) in [6.07, 6.45) is 4.79. The van der Waals surface area contributed by atoms with Crippen LogP contribution in [-0.4, -0.2) is 36.5 Å². The third-order valence-corrected chi connectivity index (χ3v) is 3.55. The Hall–Kier alpha value is -0.450. The summed E-state index contributed by atoms with van der Waals surface area (Å²) in [4.78, 5) is 2.30. The fourth-order valence-electron chi connectivity index (χ4n) is 1.73. The number of hydrogen-bond donors (Lipinski definition) is 1. The lowest BCUT2D eigenvalue weighted by Crippen LogP contribution is -2.20. The van der Waals surface area contributed by atoms with E-state index in [0.717, 1.165) is 37.2 Å². The van der Waals surface area contributed by atoms with Crippen molar-refractivity contribution < 1.29 is 4.42 Å². The number of nitrogens with zero attached hydrogens (tertiary/aromatic N) is 1. The molecule has 4 heteroatoms.